The van der Waals surface area contributed by atoms with E-state index < -0.39 is 6.04 Å². The van der Waals surface area contributed by atoms with Crippen LogP contribution in [0.3, 0.4) is 0 Å². The van der Waals surface area contributed by atoms with Crippen molar-refractivity contribution in [3.8, 4) is 0 Å². The lowest BCUT2D eigenvalue weighted by molar-refractivity contribution is -0.153. The third kappa shape index (κ3) is 3.60. The summed E-state index contributed by atoms with van der Waals surface area (Å²) in [5, 5.41) is 1.27. The van der Waals surface area contributed by atoms with Gasteiger partial charge in [-0.2, -0.15) is 0 Å². The molecule has 1 aromatic carbocycles. The smallest absolute Gasteiger partial charge is 0.325 e. The van der Waals surface area contributed by atoms with Crippen LogP contribution in [0.4, 0.5) is 0 Å². The van der Waals surface area contributed by atoms with E-state index in [2.05, 4.69) is 0 Å². The van der Waals surface area contributed by atoms with Gasteiger partial charge < -0.3 is 9.47 Å². The monoisotopic (exact) mass is 303 g/mol. The van der Waals surface area contributed by atoms with Gasteiger partial charge >= 0.3 is 5.97 Å². The summed E-state index contributed by atoms with van der Waals surface area (Å²) in [6, 6.07) is 4.92. The molecule has 19 heavy (non-hydrogen) atoms. The number of rotatable bonds is 3. The summed E-state index contributed by atoms with van der Waals surface area (Å²) >= 11 is 12.1. The summed E-state index contributed by atoms with van der Waals surface area (Å²) in [6.07, 6.45) is 0. The van der Waals surface area contributed by atoms with E-state index in [4.69, 9.17) is 32.7 Å². The fourth-order valence-corrected chi connectivity index (χ4v) is 2.44. The molecule has 1 atom stereocenters. The SMILES string of the molecule is COC(=O)C1COCCN1Cc1cc(Cl)ccc1Cl. The standard InChI is InChI=1S/C13H15Cl2NO3/c1-18-13(17)12-8-19-5-4-16(12)7-9-6-10(14)2-3-11(9)15/h2-3,6,12H,4-5,7-8H2,1H3. The van der Waals surface area contributed by atoms with Gasteiger partial charge in [0.15, 0.2) is 0 Å². The number of halogens is 2. The molecule has 0 bridgehead atoms. The molecule has 1 unspecified atom stereocenters. The Kier molecular flexibility index (Phi) is 5.05. The second-order valence-corrected chi connectivity index (χ2v) is 5.16. The van der Waals surface area contributed by atoms with Crippen molar-refractivity contribution in [3.63, 3.8) is 0 Å². The summed E-state index contributed by atoms with van der Waals surface area (Å²) in [7, 11) is 1.38. The summed E-state index contributed by atoms with van der Waals surface area (Å²) in [5.74, 6) is -0.294. The lowest BCUT2D eigenvalue weighted by atomic mass is 10.1. The van der Waals surface area contributed by atoms with Crippen molar-refractivity contribution in [2.45, 2.75) is 12.6 Å². The maximum Gasteiger partial charge on any atom is 0.325 e. The Bertz CT molecular complexity index is 467. The molecule has 0 aliphatic carbocycles. The van der Waals surface area contributed by atoms with Crippen LogP contribution in [0.1, 0.15) is 5.56 Å². The van der Waals surface area contributed by atoms with Gasteiger partial charge in [0, 0.05) is 23.1 Å². The quantitative estimate of drug-likeness (QED) is 0.804. The van der Waals surface area contributed by atoms with Crippen LogP contribution in [-0.4, -0.2) is 43.8 Å². The topological polar surface area (TPSA) is 38.8 Å². The Balaban J connectivity index is 2.15. The lowest BCUT2D eigenvalue weighted by Crippen LogP contribution is -2.49. The molecule has 0 spiro atoms. The summed E-state index contributed by atoms with van der Waals surface area (Å²) < 4.78 is 10.1. The predicted molar refractivity (Wildman–Crippen MR) is 73.5 cm³/mol. The van der Waals surface area contributed by atoms with Gasteiger partial charge in [-0.25, -0.2) is 0 Å². The van der Waals surface area contributed by atoms with Crippen LogP contribution in [0.2, 0.25) is 10.0 Å². The van der Waals surface area contributed by atoms with E-state index in [9.17, 15) is 4.79 Å². The fraction of sp³-hybridized carbons (Fsp3) is 0.462. The Hall–Kier alpha value is -0.810. The normalized spacial score (nSPS) is 20.3. The maximum absolute atomic E-state index is 11.7. The summed E-state index contributed by atoms with van der Waals surface area (Å²) in [6.45, 7) is 2.13. The van der Waals surface area contributed by atoms with Gasteiger partial charge in [0.25, 0.3) is 0 Å². The molecule has 1 saturated heterocycles. The number of methoxy groups -OCH3 is 1. The molecule has 1 aliphatic rings. The molecule has 0 aromatic heterocycles. The molecule has 0 N–H and O–H groups in total. The number of hydrogen-bond acceptors (Lipinski definition) is 4. The zero-order chi connectivity index (χ0) is 13.8. The zero-order valence-corrected chi connectivity index (χ0v) is 12.1. The van der Waals surface area contributed by atoms with Crippen molar-refractivity contribution in [1.29, 1.82) is 0 Å². The summed E-state index contributed by atoms with van der Waals surface area (Å²) in [5.41, 5.74) is 0.893. The minimum Gasteiger partial charge on any atom is -0.468 e. The van der Waals surface area contributed by atoms with Crippen LogP contribution in [-0.2, 0) is 20.8 Å². The minimum atomic E-state index is -0.395. The number of hydrogen-bond donors (Lipinski definition) is 0. The second-order valence-electron chi connectivity index (χ2n) is 4.32. The summed E-state index contributed by atoms with van der Waals surface area (Å²) in [4.78, 5) is 13.7. The van der Waals surface area contributed by atoms with Crippen LogP contribution in [0.5, 0.6) is 0 Å². The first-order valence-corrected chi connectivity index (χ1v) is 6.71. The predicted octanol–water partition coefficient (Wildman–Crippen LogP) is 2.37. The van der Waals surface area contributed by atoms with Crippen LogP contribution in [0, 0.1) is 0 Å². The third-order valence-corrected chi connectivity index (χ3v) is 3.70. The minimum absolute atomic E-state index is 0.294. The average Bonchev–Trinajstić information content (AvgIpc) is 2.42. The molecule has 0 saturated carbocycles. The number of benzene rings is 1. The van der Waals surface area contributed by atoms with Crippen LogP contribution >= 0.6 is 23.2 Å². The number of carbonyl (C=O) groups excluding carboxylic acids is 1. The van der Waals surface area contributed by atoms with Gasteiger partial charge in [-0.05, 0) is 23.8 Å². The Labute approximate surface area is 122 Å². The van der Waals surface area contributed by atoms with Crippen molar-refractivity contribution in [1.82, 2.24) is 4.90 Å². The molecule has 1 aliphatic heterocycles. The van der Waals surface area contributed by atoms with E-state index in [1.165, 1.54) is 7.11 Å². The van der Waals surface area contributed by atoms with Crippen LogP contribution < -0.4 is 0 Å². The highest BCUT2D eigenvalue weighted by atomic mass is 35.5. The number of morpholine rings is 1. The van der Waals surface area contributed by atoms with E-state index in [1.54, 1.807) is 12.1 Å². The van der Waals surface area contributed by atoms with E-state index in [0.29, 0.717) is 36.3 Å². The van der Waals surface area contributed by atoms with E-state index in [-0.39, 0.29) is 5.97 Å². The van der Waals surface area contributed by atoms with Crippen LogP contribution in [0.15, 0.2) is 18.2 Å². The van der Waals surface area contributed by atoms with Gasteiger partial charge in [-0.1, -0.05) is 23.2 Å². The maximum atomic E-state index is 11.7. The molecular formula is C13H15Cl2NO3. The van der Waals surface area contributed by atoms with E-state index in [1.807, 2.05) is 11.0 Å². The highest BCUT2D eigenvalue weighted by molar-refractivity contribution is 6.33. The molecular weight excluding hydrogens is 289 g/mol. The molecule has 1 fully saturated rings. The average molecular weight is 304 g/mol. The second kappa shape index (κ2) is 6.57. The molecule has 104 valence electrons. The van der Waals surface area contributed by atoms with Crippen molar-refractivity contribution >= 4 is 29.2 Å². The van der Waals surface area contributed by atoms with Gasteiger partial charge in [0.1, 0.15) is 6.04 Å². The molecule has 1 heterocycles. The number of carbonyl (C=O) groups is 1. The first-order valence-electron chi connectivity index (χ1n) is 5.95. The molecule has 4 nitrogen and oxygen atoms in total. The molecule has 0 amide bonds. The van der Waals surface area contributed by atoms with Gasteiger partial charge in [-0.3, -0.25) is 9.69 Å². The first kappa shape index (κ1) is 14.6. The third-order valence-electron chi connectivity index (χ3n) is 3.09. The van der Waals surface area contributed by atoms with E-state index in [0.717, 1.165) is 5.56 Å². The van der Waals surface area contributed by atoms with E-state index >= 15 is 0 Å². The van der Waals surface area contributed by atoms with Crippen molar-refractivity contribution < 1.29 is 14.3 Å². The van der Waals surface area contributed by atoms with Gasteiger partial charge in [0.2, 0.25) is 0 Å². The molecule has 2 rings (SSSR count). The Morgan fingerprint density at radius 2 is 2.32 bits per heavy atom. The molecule has 6 heteroatoms. The number of esters is 1. The highest BCUT2D eigenvalue weighted by Gasteiger charge is 2.30. The highest BCUT2D eigenvalue weighted by Crippen LogP contribution is 2.23. The van der Waals surface area contributed by atoms with Crippen LogP contribution in [0.25, 0.3) is 0 Å². The first-order chi connectivity index (χ1) is 9.11. The molecule has 1 aromatic rings. The molecule has 0 radical (unpaired) electrons. The van der Waals surface area contributed by atoms with Crippen molar-refractivity contribution in [3.05, 3.63) is 33.8 Å². The van der Waals surface area contributed by atoms with Gasteiger partial charge in [0.05, 0.1) is 20.3 Å². The van der Waals surface area contributed by atoms with Gasteiger partial charge in [-0.15, -0.1) is 0 Å². The number of nitrogens with zero attached hydrogens (tertiary/aromatic N) is 1. The fourth-order valence-electron chi connectivity index (χ4n) is 2.06. The Morgan fingerprint density at radius 3 is 3.05 bits per heavy atom. The largest absolute Gasteiger partial charge is 0.468 e. The van der Waals surface area contributed by atoms with Crippen molar-refractivity contribution in [2.75, 3.05) is 26.9 Å². The van der Waals surface area contributed by atoms with Crippen molar-refractivity contribution in [2.24, 2.45) is 0 Å². The zero-order valence-electron chi connectivity index (χ0n) is 10.6. The Morgan fingerprint density at radius 1 is 1.53 bits per heavy atom. The number of ether oxygens (including phenoxy) is 2. The lowest BCUT2D eigenvalue weighted by Gasteiger charge is -2.33.